The molecule has 0 saturated heterocycles. The predicted octanol–water partition coefficient (Wildman–Crippen LogP) is 3.56. The van der Waals surface area contributed by atoms with Crippen LogP contribution in [0.25, 0.3) is 0 Å². The van der Waals surface area contributed by atoms with E-state index in [9.17, 15) is 9.18 Å². The molecule has 4 N–H and O–H groups in total. The zero-order chi connectivity index (χ0) is 21.1. The molecule has 152 valence electrons. The van der Waals surface area contributed by atoms with E-state index in [1.54, 1.807) is 25.3 Å². The van der Waals surface area contributed by atoms with Gasteiger partial charge >= 0.3 is 0 Å². The lowest BCUT2D eigenvalue weighted by Crippen LogP contribution is -2.30. The first-order chi connectivity index (χ1) is 13.0. The van der Waals surface area contributed by atoms with Crippen molar-refractivity contribution in [2.75, 3.05) is 12.8 Å². The highest BCUT2D eigenvalue weighted by molar-refractivity contribution is 8.13. The Morgan fingerprint density at radius 1 is 1.43 bits per heavy atom. The van der Waals surface area contributed by atoms with E-state index in [-0.39, 0.29) is 23.4 Å². The number of hydrogen-bond acceptors (Lipinski definition) is 6. The number of Topliss-reactive ketones (excluding diaryl/α,β-unsaturated/α-hetero) is 1. The van der Waals surface area contributed by atoms with Gasteiger partial charge in [-0.15, -0.1) is 0 Å². The van der Waals surface area contributed by atoms with Gasteiger partial charge in [0, 0.05) is 35.9 Å². The summed E-state index contributed by atoms with van der Waals surface area (Å²) in [5.74, 6) is 0.265. The number of thioether (sulfide) groups is 1. The molecule has 0 radical (unpaired) electrons. The maximum absolute atomic E-state index is 14.5. The largest absolute Gasteiger partial charge is 0.402 e. The van der Waals surface area contributed by atoms with Crippen molar-refractivity contribution in [2.24, 2.45) is 26.9 Å². The Kier molecular flexibility index (Phi) is 6.70. The third-order valence-electron chi connectivity index (χ3n) is 4.86. The van der Waals surface area contributed by atoms with Crippen LogP contribution in [-0.4, -0.2) is 29.5 Å². The Morgan fingerprint density at radius 3 is 2.68 bits per heavy atom. The summed E-state index contributed by atoms with van der Waals surface area (Å²) in [5, 5.41) is 0.456. The van der Waals surface area contributed by atoms with Crippen molar-refractivity contribution in [2.45, 2.75) is 46.1 Å². The van der Waals surface area contributed by atoms with E-state index in [1.165, 1.54) is 17.8 Å². The minimum Gasteiger partial charge on any atom is -0.402 e. The molecule has 1 atom stereocenters. The Balaban J connectivity index is 2.30. The van der Waals surface area contributed by atoms with Crippen molar-refractivity contribution in [3.8, 4) is 0 Å². The van der Waals surface area contributed by atoms with Crippen molar-refractivity contribution in [1.29, 1.82) is 0 Å². The molecule has 1 aromatic rings. The summed E-state index contributed by atoms with van der Waals surface area (Å²) in [6.45, 7) is 7.78. The van der Waals surface area contributed by atoms with Crippen molar-refractivity contribution in [1.82, 2.24) is 0 Å². The molecular weight excluding hydrogens is 375 g/mol. The first kappa shape index (κ1) is 22.1. The number of halogens is 1. The normalized spacial score (nSPS) is 21.4. The van der Waals surface area contributed by atoms with Crippen LogP contribution in [0.1, 0.15) is 45.2 Å². The average molecular weight is 405 g/mol. The quantitative estimate of drug-likeness (QED) is 0.734. The zero-order valence-electron chi connectivity index (χ0n) is 17.2. The maximum Gasteiger partial charge on any atom is 0.185 e. The Hall–Kier alpha value is -2.15. The second-order valence-electron chi connectivity index (χ2n) is 8.20. The highest BCUT2D eigenvalue weighted by Gasteiger charge is 2.32. The van der Waals surface area contributed by atoms with Crippen LogP contribution in [0.3, 0.4) is 0 Å². The molecule has 7 heteroatoms. The van der Waals surface area contributed by atoms with Crippen LogP contribution >= 0.6 is 11.8 Å². The fourth-order valence-corrected chi connectivity index (χ4v) is 3.86. The summed E-state index contributed by atoms with van der Waals surface area (Å²) < 4.78 is 14.5. The molecule has 1 aliphatic rings. The average Bonchev–Trinajstić information content (AvgIpc) is 2.59. The number of hydrogen-bond donors (Lipinski definition) is 2. The van der Waals surface area contributed by atoms with Gasteiger partial charge in [0.25, 0.3) is 0 Å². The molecule has 0 fully saturated rings. The number of allylic oxidation sites excluding steroid dienone is 2. The molecule has 0 spiro atoms. The Morgan fingerprint density at radius 2 is 2.11 bits per heavy atom. The number of benzene rings is 1. The lowest BCUT2D eigenvalue weighted by atomic mass is 9.87. The molecule has 0 aromatic heterocycles. The van der Waals surface area contributed by atoms with Gasteiger partial charge in [-0.25, -0.2) is 4.39 Å². The fourth-order valence-electron chi connectivity index (χ4n) is 2.89. The van der Waals surface area contributed by atoms with Gasteiger partial charge in [-0.2, -0.15) is 0 Å². The second kappa shape index (κ2) is 8.47. The first-order valence-electron chi connectivity index (χ1n) is 9.21. The molecule has 0 amide bonds. The van der Waals surface area contributed by atoms with Crippen LogP contribution in [0.4, 0.5) is 4.39 Å². The number of amidine groups is 1. The van der Waals surface area contributed by atoms with E-state index in [1.807, 2.05) is 27.7 Å². The van der Waals surface area contributed by atoms with Gasteiger partial charge in [0.1, 0.15) is 11.5 Å². The van der Waals surface area contributed by atoms with Crippen molar-refractivity contribution < 1.29 is 9.18 Å². The molecule has 1 aromatic carbocycles. The molecule has 0 bridgehead atoms. The smallest absolute Gasteiger partial charge is 0.185 e. The molecule has 5 nitrogen and oxygen atoms in total. The van der Waals surface area contributed by atoms with Gasteiger partial charge in [0.2, 0.25) is 0 Å². The van der Waals surface area contributed by atoms with Crippen LogP contribution in [-0.2, 0) is 16.8 Å². The highest BCUT2D eigenvalue weighted by Crippen LogP contribution is 2.36. The topological polar surface area (TPSA) is 93.8 Å². The van der Waals surface area contributed by atoms with Crippen molar-refractivity contribution in [3.63, 3.8) is 0 Å². The SMILES string of the molecule is CN=C(C=C(N)C(C)(C)C)C(=O)Cc1ccc(F)c([C@]2(C)CCSC(N)=N2)c1. The maximum atomic E-state index is 14.5. The monoisotopic (exact) mass is 404 g/mol. The predicted molar refractivity (Wildman–Crippen MR) is 116 cm³/mol. The van der Waals surface area contributed by atoms with Gasteiger partial charge in [-0.3, -0.25) is 14.8 Å². The summed E-state index contributed by atoms with van der Waals surface area (Å²) in [6.07, 6.45) is 2.41. The number of nitrogens with two attached hydrogens (primary N) is 2. The molecule has 28 heavy (non-hydrogen) atoms. The summed E-state index contributed by atoms with van der Waals surface area (Å²) in [7, 11) is 1.56. The van der Waals surface area contributed by atoms with E-state index in [0.717, 1.165) is 5.75 Å². The lowest BCUT2D eigenvalue weighted by molar-refractivity contribution is -0.112. The van der Waals surface area contributed by atoms with E-state index in [4.69, 9.17) is 11.5 Å². The molecule has 1 aliphatic heterocycles. The van der Waals surface area contributed by atoms with Crippen LogP contribution in [0.2, 0.25) is 0 Å². The number of nitrogens with zero attached hydrogens (tertiary/aromatic N) is 2. The minimum atomic E-state index is -0.725. The first-order valence-corrected chi connectivity index (χ1v) is 10.2. The number of carbonyl (C=O) groups is 1. The van der Waals surface area contributed by atoms with E-state index in [0.29, 0.717) is 34.1 Å². The summed E-state index contributed by atoms with van der Waals surface area (Å²) in [6, 6.07) is 4.72. The van der Waals surface area contributed by atoms with Crippen LogP contribution in [0, 0.1) is 11.2 Å². The van der Waals surface area contributed by atoms with Gasteiger partial charge in [0.05, 0.1) is 5.54 Å². The number of aliphatic imine (C=N–C) groups is 2. The van der Waals surface area contributed by atoms with Gasteiger partial charge < -0.3 is 11.5 Å². The lowest BCUT2D eigenvalue weighted by Gasteiger charge is -2.30. The molecular formula is C21H29FN4OS. The standard InChI is InChI=1S/C21H29FN4OS/c1-20(2,3)18(23)12-16(25-5)17(27)11-13-6-7-15(22)14(10-13)21(4)8-9-28-19(24)26-21/h6-7,10,12H,8-9,11,23H2,1-5H3,(H2,24,26)/t21-/m0/s1. The number of rotatable bonds is 5. The van der Waals surface area contributed by atoms with E-state index >= 15 is 0 Å². The summed E-state index contributed by atoms with van der Waals surface area (Å²) in [4.78, 5) is 21.3. The molecule has 0 aliphatic carbocycles. The van der Waals surface area contributed by atoms with Gasteiger partial charge in [0.15, 0.2) is 11.0 Å². The Bertz CT molecular complexity index is 854. The fraction of sp³-hybridized carbons (Fsp3) is 0.476. The zero-order valence-corrected chi connectivity index (χ0v) is 18.0. The summed E-state index contributed by atoms with van der Waals surface area (Å²) in [5.41, 5.74) is 13.0. The second-order valence-corrected chi connectivity index (χ2v) is 9.31. The summed E-state index contributed by atoms with van der Waals surface area (Å²) >= 11 is 1.47. The third-order valence-corrected chi connectivity index (χ3v) is 5.65. The number of carbonyl (C=O) groups excluding carboxylic acids is 1. The van der Waals surface area contributed by atoms with Crippen LogP contribution in [0.5, 0.6) is 0 Å². The molecule has 0 unspecified atom stereocenters. The van der Waals surface area contributed by atoms with Crippen molar-refractivity contribution in [3.05, 3.63) is 46.9 Å². The van der Waals surface area contributed by atoms with Crippen LogP contribution < -0.4 is 11.5 Å². The highest BCUT2D eigenvalue weighted by atomic mass is 32.2. The van der Waals surface area contributed by atoms with E-state index < -0.39 is 5.54 Å². The minimum absolute atomic E-state index is 0.109. The molecule has 0 saturated carbocycles. The van der Waals surface area contributed by atoms with Crippen LogP contribution in [0.15, 0.2) is 40.0 Å². The van der Waals surface area contributed by atoms with Crippen molar-refractivity contribution >= 4 is 28.4 Å². The third kappa shape index (κ3) is 5.22. The number of ketones is 1. The Labute approximate surface area is 170 Å². The van der Waals surface area contributed by atoms with E-state index in [2.05, 4.69) is 9.98 Å². The van der Waals surface area contributed by atoms with Gasteiger partial charge in [-0.05, 0) is 37.1 Å². The molecule has 1 heterocycles. The molecule has 2 rings (SSSR count). The van der Waals surface area contributed by atoms with Gasteiger partial charge in [-0.1, -0.05) is 38.6 Å².